The van der Waals surface area contributed by atoms with Crippen LogP contribution in [-0.2, 0) is 25.2 Å². The van der Waals surface area contributed by atoms with Crippen LogP contribution in [0.2, 0.25) is 0 Å². The number of rotatable bonds is 10. The van der Waals surface area contributed by atoms with Crippen molar-refractivity contribution in [1.82, 2.24) is 29.8 Å². The second-order valence-electron chi connectivity index (χ2n) is 10.1. The number of hydrogen-bond acceptors (Lipinski definition) is 12. The van der Waals surface area contributed by atoms with E-state index < -0.39 is 23.7 Å². The maximum Gasteiger partial charge on any atom is 0.278 e. The molecule has 1 amide bonds. The number of aliphatic hydroxyl groups is 2. The molecule has 4 bridgehead atoms. The summed E-state index contributed by atoms with van der Waals surface area (Å²) in [4.78, 5) is 23.9. The average molecular weight is 694 g/mol. The first-order chi connectivity index (χ1) is 23.2. The summed E-state index contributed by atoms with van der Waals surface area (Å²) >= 11 is 0. The number of ether oxygens (including phenoxy) is 3. The normalized spacial score (nSPS) is 18.5. The third-order valence-corrected chi connectivity index (χ3v) is 8.10. The third kappa shape index (κ3) is 13.1. The van der Waals surface area contributed by atoms with Crippen molar-refractivity contribution in [2.24, 2.45) is 0 Å². The summed E-state index contributed by atoms with van der Waals surface area (Å²) in [6, 6.07) is 6.81. The van der Waals surface area contributed by atoms with Gasteiger partial charge in [-0.2, -0.15) is 0 Å². The van der Waals surface area contributed by atoms with Crippen molar-refractivity contribution in [1.29, 1.82) is 0 Å². The van der Waals surface area contributed by atoms with Crippen molar-refractivity contribution in [2.45, 2.75) is 11.8 Å². The van der Waals surface area contributed by atoms with E-state index in [1.165, 1.54) is 17.2 Å². The number of carbonyl (C=O) groups is 1. The van der Waals surface area contributed by atoms with Crippen molar-refractivity contribution in [3.63, 3.8) is 0 Å². The second-order valence-corrected chi connectivity index (χ2v) is 11.6. The molecule has 2 aliphatic rings. The Kier molecular flexibility index (Phi) is 19.3. The zero-order chi connectivity index (χ0) is 35.3. The lowest BCUT2D eigenvalue weighted by atomic mass is 10.1. The van der Waals surface area contributed by atoms with Crippen LogP contribution in [-0.4, -0.2) is 132 Å². The van der Waals surface area contributed by atoms with E-state index in [-0.39, 0.29) is 76.5 Å². The van der Waals surface area contributed by atoms with Crippen molar-refractivity contribution >= 4 is 22.7 Å². The van der Waals surface area contributed by atoms with Crippen LogP contribution in [0, 0.1) is 0 Å². The second kappa shape index (κ2) is 22.9. The highest BCUT2D eigenvalue weighted by Crippen LogP contribution is 2.22. The van der Waals surface area contributed by atoms with Gasteiger partial charge in [-0.3, -0.25) is 9.69 Å². The van der Waals surface area contributed by atoms with Gasteiger partial charge >= 0.3 is 0 Å². The van der Waals surface area contributed by atoms with E-state index in [4.69, 9.17) is 25.1 Å². The molecule has 14 nitrogen and oxygen atoms in total. The lowest BCUT2D eigenvalue weighted by Crippen LogP contribution is -2.38. The van der Waals surface area contributed by atoms with Crippen LogP contribution in [0.4, 0.5) is 10.2 Å². The number of nitrogens with two attached hydrogens (primary N) is 1. The molecule has 2 aromatic rings. The summed E-state index contributed by atoms with van der Waals surface area (Å²) in [5, 5.41) is 22.5. The number of hydrogen-bond donors (Lipinski definition) is 5. The monoisotopic (exact) mass is 693 g/mol. The van der Waals surface area contributed by atoms with Crippen molar-refractivity contribution < 1.29 is 37.8 Å². The first-order valence-electron chi connectivity index (χ1n) is 15.4. The molecule has 6 N–H and O–H groups in total. The first kappa shape index (κ1) is 40.6. The zero-order valence-corrected chi connectivity index (χ0v) is 28.5. The molecule has 1 unspecified atom stereocenters. The molecule has 0 radical (unpaired) electrons. The zero-order valence-electron chi connectivity index (χ0n) is 27.7. The minimum absolute atomic E-state index is 0.0712. The van der Waals surface area contributed by atoms with Crippen LogP contribution in [0.3, 0.4) is 0 Å². The topological polar surface area (TPSA) is 185 Å². The number of likely N-dealkylation sites (N-methyl/N-ethyl adjacent to an activating group) is 1. The van der Waals surface area contributed by atoms with Gasteiger partial charge in [0.25, 0.3) is 5.91 Å². The molecule has 3 heterocycles. The van der Waals surface area contributed by atoms with Gasteiger partial charge in [0.05, 0.1) is 55.5 Å². The number of benzene rings is 1. The highest BCUT2D eigenvalue weighted by atomic mass is 32.2. The van der Waals surface area contributed by atoms with Gasteiger partial charge in [-0.1, -0.05) is 25.3 Å². The Morgan fingerprint density at radius 3 is 2.48 bits per heavy atom. The van der Waals surface area contributed by atoms with Gasteiger partial charge in [0.2, 0.25) is 0 Å². The number of alkyl halides is 1. The van der Waals surface area contributed by atoms with Crippen molar-refractivity contribution in [3.8, 4) is 11.3 Å². The Morgan fingerprint density at radius 1 is 1.19 bits per heavy atom. The van der Waals surface area contributed by atoms with Gasteiger partial charge in [0.1, 0.15) is 30.2 Å². The molecule has 1 aromatic carbocycles. The molecule has 2 aliphatic heterocycles. The number of carbonyl (C=O) groups excluding carboxylic acids is 1. The van der Waals surface area contributed by atoms with E-state index in [1.54, 1.807) is 42.5 Å². The summed E-state index contributed by atoms with van der Waals surface area (Å²) in [6.45, 7) is 11.5. The molecule has 0 saturated heterocycles. The SMILES string of the molecule is C=C/C1=C(\C(=C)CNC)OCCOCCOCCN(CCN(CF)CCO)S(=O)c2ccc(cc2)-c2cnc(N)c(n2)C(=O)N1.CCO. The third-order valence-electron chi connectivity index (χ3n) is 6.59. The molecule has 0 saturated carbocycles. The van der Waals surface area contributed by atoms with E-state index in [0.29, 0.717) is 47.2 Å². The number of fused-ring (bicyclic) bond motifs is 15. The lowest BCUT2D eigenvalue weighted by Gasteiger charge is -2.25. The molecule has 0 spiro atoms. The molecule has 0 aliphatic carbocycles. The Bertz CT molecular complexity index is 1360. The number of halogens is 1. The van der Waals surface area contributed by atoms with Gasteiger partial charge in [-0.25, -0.2) is 22.9 Å². The van der Waals surface area contributed by atoms with E-state index >= 15 is 0 Å². The van der Waals surface area contributed by atoms with Crippen LogP contribution in [0.25, 0.3) is 11.3 Å². The molecule has 4 rings (SSSR count). The molecule has 48 heavy (non-hydrogen) atoms. The van der Waals surface area contributed by atoms with Crippen LogP contribution < -0.4 is 16.4 Å². The van der Waals surface area contributed by atoms with Crippen molar-refractivity contribution in [3.05, 3.63) is 72.4 Å². The number of amides is 1. The molecular formula is C32H48FN7O7S. The van der Waals surface area contributed by atoms with Crippen LogP contribution in [0.1, 0.15) is 17.4 Å². The summed E-state index contributed by atoms with van der Waals surface area (Å²) in [5.74, 6) is -0.368. The Hall–Kier alpha value is -3.61. The number of allylic oxidation sites excluding steroid dienone is 1. The Balaban J connectivity index is 0.00000257. The van der Waals surface area contributed by atoms with Gasteiger partial charge in [0, 0.05) is 50.5 Å². The van der Waals surface area contributed by atoms with E-state index in [9.17, 15) is 18.5 Å². The largest absolute Gasteiger partial charge is 0.489 e. The van der Waals surface area contributed by atoms with Crippen LogP contribution >= 0.6 is 0 Å². The smallest absolute Gasteiger partial charge is 0.278 e. The Morgan fingerprint density at radius 2 is 1.85 bits per heavy atom. The summed E-state index contributed by atoms with van der Waals surface area (Å²) in [6.07, 6.45) is 2.89. The number of anilines is 1. The number of aromatic nitrogens is 2. The van der Waals surface area contributed by atoms with Gasteiger partial charge < -0.3 is 40.8 Å². The lowest BCUT2D eigenvalue weighted by molar-refractivity contribution is 0.0252. The van der Waals surface area contributed by atoms with E-state index in [1.807, 2.05) is 0 Å². The molecule has 266 valence electrons. The highest BCUT2D eigenvalue weighted by molar-refractivity contribution is 7.82. The van der Waals surface area contributed by atoms with Gasteiger partial charge in [-0.15, -0.1) is 0 Å². The van der Waals surface area contributed by atoms with Crippen LogP contribution in [0.5, 0.6) is 0 Å². The van der Waals surface area contributed by atoms with E-state index in [2.05, 4.69) is 33.8 Å². The Labute approximate surface area is 284 Å². The quantitative estimate of drug-likeness (QED) is 0.178. The minimum atomic E-state index is -1.60. The van der Waals surface area contributed by atoms with Gasteiger partial charge in [-0.05, 0) is 32.2 Å². The summed E-state index contributed by atoms with van der Waals surface area (Å²) < 4.78 is 45.9. The molecule has 16 heteroatoms. The van der Waals surface area contributed by atoms with E-state index in [0.717, 1.165) is 0 Å². The predicted molar refractivity (Wildman–Crippen MR) is 183 cm³/mol. The standard InChI is InChI=1S/C30H42FN7O6S.C2H6O/c1-4-25-28(22(2)19-33-3)44-18-17-43-16-15-42-14-12-38(10-9-37(21-31)11-13-39)45(41)24-7-5-23(6-8-24)26-20-34-29(32)27(35-26)30(40)36-25;1-2-3/h4-8,20,33,39H,1-2,9-19,21H2,3H3,(H2,32,34)(H,36,40);3H,2H2,1H3/b28-25-;. The fraction of sp³-hybridized carbons (Fsp3) is 0.469. The van der Waals surface area contributed by atoms with Crippen LogP contribution in [0.15, 0.2) is 71.6 Å². The minimum Gasteiger partial charge on any atom is -0.489 e. The highest BCUT2D eigenvalue weighted by Gasteiger charge is 2.20. The fourth-order valence-corrected chi connectivity index (χ4v) is 5.39. The molecule has 0 fully saturated rings. The maximum atomic E-state index is 13.6. The summed E-state index contributed by atoms with van der Waals surface area (Å²) in [7, 11) is 0.167. The van der Waals surface area contributed by atoms with Gasteiger partial charge in [0.15, 0.2) is 11.5 Å². The molecule has 1 atom stereocenters. The number of nitrogens with one attached hydrogen (secondary N) is 2. The number of nitrogens with zero attached hydrogens (tertiary/aromatic N) is 4. The maximum absolute atomic E-state index is 13.6. The molecule has 1 aromatic heterocycles. The predicted octanol–water partition coefficient (Wildman–Crippen LogP) is 1.24. The number of nitrogen functional groups attached to an aromatic ring is 1. The first-order valence-corrected chi connectivity index (χ1v) is 16.5. The molecular weight excluding hydrogens is 645 g/mol. The fourth-order valence-electron chi connectivity index (χ4n) is 4.24. The van der Waals surface area contributed by atoms with Crippen molar-refractivity contribution in [2.75, 3.05) is 98.6 Å². The summed E-state index contributed by atoms with van der Waals surface area (Å²) in [5.41, 5.74) is 7.79. The average Bonchev–Trinajstić information content (AvgIpc) is 3.09. The number of aliphatic hydroxyl groups excluding tert-OH is 2.